The molecule has 0 spiro atoms. The van der Waals surface area contributed by atoms with E-state index < -0.39 is 0 Å². The van der Waals surface area contributed by atoms with Crippen molar-refractivity contribution in [1.29, 1.82) is 5.26 Å². The van der Waals surface area contributed by atoms with E-state index in [-0.39, 0.29) is 24.0 Å². The summed E-state index contributed by atoms with van der Waals surface area (Å²) in [4.78, 5) is 30.8. The second-order valence-corrected chi connectivity index (χ2v) is 8.20. The molecule has 1 amide bonds. The number of Topliss-reactive ketones (excluding diaryl/α,β-unsaturated/α-hetero) is 1. The van der Waals surface area contributed by atoms with Gasteiger partial charge < -0.3 is 4.90 Å². The Labute approximate surface area is 181 Å². The maximum Gasteiger partial charge on any atom is 0.246 e. The zero-order chi connectivity index (χ0) is 22.0. The maximum atomic E-state index is 12.8. The van der Waals surface area contributed by atoms with Gasteiger partial charge in [0.25, 0.3) is 0 Å². The number of nitriles is 1. The maximum absolute atomic E-state index is 12.8. The minimum atomic E-state index is -0.373. The van der Waals surface area contributed by atoms with Gasteiger partial charge in [-0.05, 0) is 48.6 Å². The molecule has 3 heterocycles. The number of carbonyl (C=O) groups is 2. The van der Waals surface area contributed by atoms with Gasteiger partial charge in [0, 0.05) is 43.2 Å². The van der Waals surface area contributed by atoms with Crippen LogP contribution in [0.1, 0.15) is 66.2 Å². The first kappa shape index (κ1) is 20.7. The normalized spacial score (nSPS) is 16.9. The monoisotopic (exact) mass is 415 g/mol. The molecule has 2 aliphatic rings. The van der Waals surface area contributed by atoms with Gasteiger partial charge in [-0.1, -0.05) is 19.6 Å². The van der Waals surface area contributed by atoms with Crippen LogP contribution in [0.25, 0.3) is 5.57 Å². The van der Waals surface area contributed by atoms with Gasteiger partial charge in [0.05, 0.1) is 17.0 Å². The van der Waals surface area contributed by atoms with Crippen LogP contribution in [0.5, 0.6) is 0 Å². The topological polar surface area (TPSA) is 103 Å². The molecule has 1 fully saturated rings. The Kier molecular flexibility index (Phi) is 5.81. The molecule has 31 heavy (non-hydrogen) atoms. The van der Waals surface area contributed by atoms with E-state index in [0.717, 1.165) is 22.5 Å². The smallest absolute Gasteiger partial charge is 0.246 e. The van der Waals surface area contributed by atoms with Crippen LogP contribution in [0, 0.1) is 11.3 Å². The zero-order valence-corrected chi connectivity index (χ0v) is 17.6. The number of aromatic nitrogens is 3. The number of nitrogens with zero attached hydrogens (tertiary/aromatic N) is 4. The second kappa shape index (κ2) is 8.68. The SMILES string of the molecule is C=CC(=O)N1CC=C(c2ncc(C(C)C(=O)Cc3cc(C4CC4)n[nH]3)cc2C#N)CC1. The Morgan fingerprint density at radius 2 is 2.23 bits per heavy atom. The number of pyridine rings is 1. The third kappa shape index (κ3) is 4.48. The van der Waals surface area contributed by atoms with Crippen LogP contribution in [-0.2, 0) is 16.0 Å². The number of hydrogen-bond donors (Lipinski definition) is 1. The van der Waals surface area contributed by atoms with Gasteiger partial charge in [0.2, 0.25) is 5.91 Å². The van der Waals surface area contributed by atoms with Gasteiger partial charge in [-0.25, -0.2) is 0 Å². The third-order valence-electron chi connectivity index (χ3n) is 6.02. The van der Waals surface area contributed by atoms with Crippen LogP contribution < -0.4 is 0 Å². The van der Waals surface area contributed by atoms with E-state index in [9.17, 15) is 14.9 Å². The number of aromatic amines is 1. The van der Waals surface area contributed by atoms with E-state index in [2.05, 4.69) is 27.8 Å². The molecule has 2 aromatic rings. The van der Waals surface area contributed by atoms with Crippen LogP contribution in [0.15, 0.2) is 37.1 Å². The van der Waals surface area contributed by atoms with Crippen LogP contribution in [0.2, 0.25) is 0 Å². The Bertz CT molecular complexity index is 1100. The highest BCUT2D eigenvalue weighted by Gasteiger charge is 2.27. The van der Waals surface area contributed by atoms with Crippen LogP contribution in [0.4, 0.5) is 0 Å². The molecule has 7 heteroatoms. The van der Waals surface area contributed by atoms with Crippen LogP contribution in [-0.4, -0.2) is 44.9 Å². The molecule has 4 rings (SSSR count). The molecule has 7 nitrogen and oxygen atoms in total. The molecule has 0 aromatic carbocycles. The van der Waals surface area contributed by atoms with Crippen LogP contribution >= 0.6 is 0 Å². The number of nitrogens with one attached hydrogen (secondary N) is 1. The molecule has 0 radical (unpaired) electrons. The zero-order valence-electron chi connectivity index (χ0n) is 17.6. The van der Waals surface area contributed by atoms with Gasteiger partial charge in [0.15, 0.2) is 0 Å². The average Bonchev–Trinajstić information content (AvgIpc) is 3.56. The first-order valence-electron chi connectivity index (χ1n) is 10.6. The molecule has 1 N–H and O–H groups in total. The lowest BCUT2D eigenvalue weighted by molar-refractivity contribution is -0.125. The average molecular weight is 415 g/mol. The largest absolute Gasteiger partial charge is 0.335 e. The second-order valence-electron chi connectivity index (χ2n) is 8.20. The predicted octanol–water partition coefficient (Wildman–Crippen LogP) is 3.27. The molecule has 1 aliphatic heterocycles. The van der Waals surface area contributed by atoms with Crippen molar-refractivity contribution in [3.63, 3.8) is 0 Å². The van der Waals surface area contributed by atoms with E-state index in [1.807, 2.05) is 19.1 Å². The summed E-state index contributed by atoms with van der Waals surface area (Å²) < 4.78 is 0. The Morgan fingerprint density at radius 3 is 2.87 bits per heavy atom. The van der Waals surface area contributed by atoms with Crippen molar-refractivity contribution in [1.82, 2.24) is 20.1 Å². The summed E-state index contributed by atoms with van der Waals surface area (Å²) in [5, 5.41) is 17.0. The Morgan fingerprint density at radius 1 is 1.42 bits per heavy atom. The molecule has 0 bridgehead atoms. The highest BCUT2D eigenvalue weighted by atomic mass is 16.2. The molecule has 1 unspecified atom stereocenters. The van der Waals surface area contributed by atoms with E-state index in [1.165, 1.54) is 18.9 Å². The first-order valence-corrected chi connectivity index (χ1v) is 10.6. The highest BCUT2D eigenvalue weighted by Crippen LogP contribution is 2.39. The van der Waals surface area contributed by atoms with Crippen molar-refractivity contribution in [2.24, 2.45) is 0 Å². The number of amides is 1. The van der Waals surface area contributed by atoms with E-state index in [1.54, 1.807) is 17.2 Å². The van der Waals surface area contributed by atoms with Gasteiger partial charge in [-0.2, -0.15) is 10.4 Å². The van der Waals surface area contributed by atoms with Crippen molar-refractivity contribution in [3.05, 3.63) is 65.3 Å². The van der Waals surface area contributed by atoms with Crippen molar-refractivity contribution < 1.29 is 9.59 Å². The van der Waals surface area contributed by atoms with Gasteiger partial charge in [-0.3, -0.25) is 19.7 Å². The van der Waals surface area contributed by atoms with Gasteiger partial charge in [0.1, 0.15) is 11.9 Å². The number of H-pyrrole nitrogens is 1. The van der Waals surface area contributed by atoms with E-state index >= 15 is 0 Å². The fraction of sp³-hybridized carbons (Fsp3) is 0.375. The van der Waals surface area contributed by atoms with Crippen molar-refractivity contribution in [2.75, 3.05) is 13.1 Å². The highest BCUT2D eigenvalue weighted by molar-refractivity contribution is 5.88. The number of ketones is 1. The van der Waals surface area contributed by atoms with E-state index in [0.29, 0.717) is 36.7 Å². The van der Waals surface area contributed by atoms with Gasteiger partial charge >= 0.3 is 0 Å². The standard InChI is InChI=1S/C24H25N5O2/c1-3-23(31)29-8-6-17(7-9-29)24-18(13-25)10-19(14-26-24)15(2)22(30)12-20-11-21(28-27-20)16-4-5-16/h3,6,10-11,14-16H,1,4-5,7-9,12H2,2H3,(H,27,28). The molecule has 1 aliphatic carbocycles. The fourth-order valence-corrected chi connectivity index (χ4v) is 3.86. The summed E-state index contributed by atoms with van der Waals surface area (Å²) in [7, 11) is 0. The summed E-state index contributed by atoms with van der Waals surface area (Å²) in [5.74, 6) is 0.124. The summed E-state index contributed by atoms with van der Waals surface area (Å²) in [6.45, 7) is 6.39. The molecule has 158 valence electrons. The minimum Gasteiger partial charge on any atom is -0.335 e. The number of rotatable bonds is 7. The van der Waals surface area contributed by atoms with Gasteiger partial charge in [-0.15, -0.1) is 0 Å². The lowest BCUT2D eigenvalue weighted by Gasteiger charge is -2.25. The summed E-state index contributed by atoms with van der Waals surface area (Å²) in [5.41, 5.74) is 4.62. The lowest BCUT2D eigenvalue weighted by Crippen LogP contribution is -2.33. The van der Waals surface area contributed by atoms with Crippen LogP contribution in [0.3, 0.4) is 0 Å². The molecule has 2 aromatic heterocycles. The van der Waals surface area contributed by atoms with E-state index in [4.69, 9.17) is 0 Å². The molecule has 0 saturated heterocycles. The minimum absolute atomic E-state index is 0.0555. The fourth-order valence-electron chi connectivity index (χ4n) is 3.86. The third-order valence-corrected chi connectivity index (χ3v) is 6.02. The number of hydrogen-bond acceptors (Lipinski definition) is 5. The summed E-state index contributed by atoms with van der Waals surface area (Å²) >= 11 is 0. The lowest BCUT2D eigenvalue weighted by atomic mass is 9.92. The molecule has 1 atom stereocenters. The quantitative estimate of drug-likeness (QED) is 0.699. The summed E-state index contributed by atoms with van der Waals surface area (Å²) in [6.07, 6.45) is 8.16. The first-order chi connectivity index (χ1) is 15.0. The number of carbonyl (C=O) groups excluding carboxylic acids is 2. The molecular formula is C24H25N5O2. The Hall–Kier alpha value is -3.53. The van der Waals surface area contributed by atoms with Crippen molar-refractivity contribution in [2.45, 2.75) is 44.4 Å². The molecule has 1 saturated carbocycles. The van der Waals surface area contributed by atoms with Crippen molar-refractivity contribution >= 4 is 17.3 Å². The predicted molar refractivity (Wildman–Crippen MR) is 116 cm³/mol. The summed E-state index contributed by atoms with van der Waals surface area (Å²) in [6, 6.07) is 5.96. The molecular weight excluding hydrogens is 390 g/mol. The van der Waals surface area contributed by atoms with Crippen molar-refractivity contribution in [3.8, 4) is 6.07 Å². The Balaban J connectivity index is 1.47.